The smallest absolute Gasteiger partial charge is 0.183 e. The van der Waals surface area contributed by atoms with Crippen LogP contribution in [0.4, 0.5) is 0 Å². The molecule has 0 aliphatic carbocycles. The summed E-state index contributed by atoms with van der Waals surface area (Å²) in [6.45, 7) is 0. The molecule has 2 rings (SSSR count). The zero-order valence-corrected chi connectivity index (χ0v) is 13.6. The summed E-state index contributed by atoms with van der Waals surface area (Å²) in [5, 5.41) is 9.05. The maximum atomic E-state index is 12.4. The van der Waals surface area contributed by atoms with Gasteiger partial charge in [-0.2, -0.15) is 5.26 Å². The van der Waals surface area contributed by atoms with Crippen molar-refractivity contribution < 1.29 is 13.2 Å². The largest absolute Gasteiger partial charge is 0.495 e. The van der Waals surface area contributed by atoms with E-state index in [0.717, 1.165) is 0 Å². The molecule has 0 aliphatic heterocycles. The van der Waals surface area contributed by atoms with Crippen molar-refractivity contribution >= 4 is 25.8 Å². The van der Waals surface area contributed by atoms with E-state index >= 15 is 0 Å². The summed E-state index contributed by atoms with van der Waals surface area (Å²) in [6, 6.07) is 13.4. The summed E-state index contributed by atoms with van der Waals surface area (Å²) in [5.41, 5.74) is 0.862. The van der Waals surface area contributed by atoms with Gasteiger partial charge < -0.3 is 4.74 Å². The highest BCUT2D eigenvalue weighted by atomic mass is 79.9. The van der Waals surface area contributed by atoms with Gasteiger partial charge in [-0.15, -0.1) is 0 Å². The lowest BCUT2D eigenvalue weighted by Gasteiger charge is -2.08. The molecule has 0 saturated carbocycles. The fourth-order valence-corrected chi connectivity index (χ4v) is 4.38. The Bertz CT molecular complexity index is 810. The second-order valence-corrected chi connectivity index (χ2v) is 7.15. The van der Waals surface area contributed by atoms with Gasteiger partial charge in [0.15, 0.2) is 9.84 Å². The number of hydrogen-bond acceptors (Lipinski definition) is 4. The number of sulfone groups is 1. The Morgan fingerprint density at radius 1 is 1.24 bits per heavy atom. The van der Waals surface area contributed by atoms with Crippen LogP contribution in [-0.2, 0) is 15.6 Å². The minimum absolute atomic E-state index is 0.172. The van der Waals surface area contributed by atoms with Crippen LogP contribution in [0.15, 0.2) is 51.8 Å². The summed E-state index contributed by atoms with van der Waals surface area (Å²) in [4.78, 5) is 0.235. The van der Waals surface area contributed by atoms with Crippen molar-refractivity contribution in [2.75, 3.05) is 7.11 Å². The molecule has 0 aromatic heterocycles. The molecule has 4 nitrogen and oxygen atoms in total. The quantitative estimate of drug-likeness (QED) is 0.833. The van der Waals surface area contributed by atoms with E-state index in [0.29, 0.717) is 21.3 Å². The molecule has 0 spiro atoms. The monoisotopic (exact) mass is 365 g/mol. The fraction of sp³-hybridized carbons (Fsp3) is 0.133. The van der Waals surface area contributed by atoms with Crippen molar-refractivity contribution in [3.05, 3.63) is 58.1 Å². The van der Waals surface area contributed by atoms with Gasteiger partial charge in [0.05, 0.1) is 23.3 Å². The van der Waals surface area contributed by atoms with Gasteiger partial charge in [-0.25, -0.2) is 8.42 Å². The highest BCUT2D eigenvalue weighted by molar-refractivity contribution is 9.10. The third-order valence-electron chi connectivity index (χ3n) is 2.91. The van der Waals surface area contributed by atoms with Crippen LogP contribution in [0.1, 0.15) is 11.1 Å². The molecule has 0 fully saturated rings. The number of ether oxygens (including phenoxy) is 1. The van der Waals surface area contributed by atoms with Crippen LogP contribution in [0.3, 0.4) is 0 Å². The first-order valence-corrected chi connectivity index (χ1v) is 8.47. The Balaban J connectivity index is 2.38. The molecule has 6 heteroatoms. The molecule has 0 unspecified atom stereocenters. The van der Waals surface area contributed by atoms with E-state index in [-0.39, 0.29) is 10.6 Å². The van der Waals surface area contributed by atoms with Crippen LogP contribution in [0.25, 0.3) is 0 Å². The van der Waals surface area contributed by atoms with Gasteiger partial charge in [0.25, 0.3) is 0 Å². The fourth-order valence-electron chi connectivity index (χ4n) is 1.93. The van der Waals surface area contributed by atoms with E-state index in [9.17, 15) is 8.42 Å². The number of benzene rings is 2. The van der Waals surface area contributed by atoms with Crippen LogP contribution in [0.2, 0.25) is 0 Å². The Kier molecular flexibility index (Phi) is 4.66. The van der Waals surface area contributed by atoms with E-state index in [2.05, 4.69) is 15.9 Å². The summed E-state index contributed by atoms with van der Waals surface area (Å²) < 4.78 is 30.4. The van der Waals surface area contributed by atoms with Gasteiger partial charge in [-0.1, -0.05) is 18.2 Å². The summed E-state index contributed by atoms with van der Waals surface area (Å²) in [6.07, 6.45) is 0. The molecule has 0 bridgehead atoms. The van der Waals surface area contributed by atoms with E-state index in [4.69, 9.17) is 10.00 Å². The third-order valence-corrected chi connectivity index (χ3v) is 5.61. The Hall–Kier alpha value is -1.84. The van der Waals surface area contributed by atoms with Gasteiger partial charge in [0.2, 0.25) is 0 Å². The van der Waals surface area contributed by atoms with E-state index < -0.39 is 9.84 Å². The first-order valence-electron chi connectivity index (χ1n) is 6.02. The molecule has 0 radical (unpaired) electrons. The molecule has 0 aliphatic rings. The number of hydrogen-bond donors (Lipinski definition) is 0. The molecular weight excluding hydrogens is 354 g/mol. The van der Waals surface area contributed by atoms with Crippen LogP contribution in [-0.4, -0.2) is 15.5 Å². The number of rotatable bonds is 4. The van der Waals surface area contributed by atoms with Gasteiger partial charge in [0.1, 0.15) is 11.8 Å². The highest BCUT2D eigenvalue weighted by Gasteiger charge is 2.18. The standard InChI is InChI=1S/C15H12BrNO3S/c1-20-14-7-6-11(8-12(14)9-17)10-21(18,19)15-5-3-2-4-13(15)16/h2-8H,10H2,1H3. The maximum absolute atomic E-state index is 12.4. The maximum Gasteiger partial charge on any atom is 0.183 e. The van der Waals surface area contributed by atoms with Crippen LogP contribution in [0, 0.1) is 11.3 Å². The molecule has 0 saturated heterocycles. The third kappa shape index (κ3) is 3.43. The van der Waals surface area contributed by atoms with Crippen molar-refractivity contribution in [3.63, 3.8) is 0 Å². The van der Waals surface area contributed by atoms with Crippen molar-refractivity contribution in [1.29, 1.82) is 5.26 Å². The number of nitriles is 1. The number of halogens is 1. The minimum atomic E-state index is -3.49. The Labute approximate surface area is 132 Å². The Morgan fingerprint density at radius 2 is 1.95 bits per heavy atom. The molecule has 21 heavy (non-hydrogen) atoms. The topological polar surface area (TPSA) is 67.2 Å². The van der Waals surface area contributed by atoms with E-state index in [1.165, 1.54) is 13.2 Å². The zero-order valence-electron chi connectivity index (χ0n) is 11.2. The summed E-state index contributed by atoms with van der Waals surface area (Å²) in [5.74, 6) is 0.258. The van der Waals surface area contributed by atoms with Crippen molar-refractivity contribution in [2.45, 2.75) is 10.6 Å². The molecular formula is C15H12BrNO3S. The molecule has 2 aromatic carbocycles. The highest BCUT2D eigenvalue weighted by Crippen LogP contribution is 2.26. The van der Waals surface area contributed by atoms with E-state index in [1.807, 2.05) is 6.07 Å². The van der Waals surface area contributed by atoms with Gasteiger partial charge in [-0.05, 0) is 45.8 Å². The predicted octanol–water partition coefficient (Wildman–Crippen LogP) is 3.30. The predicted molar refractivity (Wildman–Crippen MR) is 82.7 cm³/mol. The average molecular weight is 366 g/mol. The molecule has 0 amide bonds. The second kappa shape index (κ2) is 6.29. The van der Waals surface area contributed by atoms with Gasteiger partial charge in [0, 0.05) is 4.47 Å². The van der Waals surface area contributed by atoms with Crippen LogP contribution < -0.4 is 4.74 Å². The van der Waals surface area contributed by atoms with Gasteiger partial charge >= 0.3 is 0 Å². The lowest BCUT2D eigenvalue weighted by molar-refractivity contribution is 0.413. The lowest BCUT2D eigenvalue weighted by Crippen LogP contribution is -2.06. The van der Waals surface area contributed by atoms with E-state index in [1.54, 1.807) is 36.4 Å². The second-order valence-electron chi connectivity index (χ2n) is 4.34. The first-order chi connectivity index (χ1) is 9.97. The van der Waals surface area contributed by atoms with Gasteiger partial charge in [-0.3, -0.25) is 0 Å². The summed E-state index contributed by atoms with van der Waals surface area (Å²) >= 11 is 3.24. The molecule has 0 atom stereocenters. The summed E-state index contributed by atoms with van der Waals surface area (Å²) in [7, 11) is -2.02. The molecule has 108 valence electrons. The number of methoxy groups -OCH3 is 1. The van der Waals surface area contributed by atoms with Crippen molar-refractivity contribution in [3.8, 4) is 11.8 Å². The normalized spacial score (nSPS) is 10.9. The molecule has 0 N–H and O–H groups in total. The Morgan fingerprint density at radius 3 is 2.57 bits per heavy atom. The van der Waals surface area contributed by atoms with Crippen LogP contribution in [0.5, 0.6) is 5.75 Å². The minimum Gasteiger partial charge on any atom is -0.495 e. The van der Waals surface area contributed by atoms with Crippen LogP contribution >= 0.6 is 15.9 Å². The van der Waals surface area contributed by atoms with Crippen molar-refractivity contribution in [2.24, 2.45) is 0 Å². The zero-order chi connectivity index (χ0) is 15.5. The average Bonchev–Trinajstić information content (AvgIpc) is 2.47. The number of nitrogens with zero attached hydrogens (tertiary/aromatic N) is 1. The first kappa shape index (κ1) is 15.5. The SMILES string of the molecule is COc1ccc(CS(=O)(=O)c2ccccc2Br)cc1C#N. The lowest BCUT2D eigenvalue weighted by atomic mass is 10.1. The molecule has 0 heterocycles. The molecule has 2 aromatic rings. The van der Waals surface area contributed by atoms with Crippen molar-refractivity contribution in [1.82, 2.24) is 0 Å².